The van der Waals surface area contributed by atoms with E-state index in [1.165, 1.54) is 4.31 Å². The lowest BCUT2D eigenvalue weighted by molar-refractivity contribution is 0.440. The smallest absolute Gasteiger partial charge is 0.195 e. The fourth-order valence-corrected chi connectivity index (χ4v) is 2.32. The Morgan fingerprint density at radius 3 is 2.76 bits per heavy atom. The second kappa shape index (κ2) is 6.03. The lowest BCUT2D eigenvalue weighted by atomic mass is 10.3. The topological polar surface area (TPSA) is 104 Å². The highest BCUT2D eigenvalue weighted by Gasteiger charge is 2.22. The number of aromatic amines is 1. The van der Waals surface area contributed by atoms with Gasteiger partial charge in [0.05, 0.1) is 6.04 Å². The number of tetrazole rings is 1. The Kier molecular flexibility index (Phi) is 4.97. The summed E-state index contributed by atoms with van der Waals surface area (Å²) in [6, 6.07) is -0.511. The highest BCUT2D eigenvalue weighted by Crippen LogP contribution is 2.07. The molecule has 0 aromatic carbocycles. The molecular formula is C8H18N6O2S. The van der Waals surface area contributed by atoms with Crippen molar-refractivity contribution in [3.8, 4) is 0 Å². The van der Waals surface area contributed by atoms with Crippen LogP contribution in [0.4, 0.5) is 0 Å². The number of H-pyrrole nitrogens is 1. The summed E-state index contributed by atoms with van der Waals surface area (Å²) in [6.07, 6.45) is 1.77. The Balaban J connectivity index is 2.60. The first kappa shape index (κ1) is 14.0. The average Bonchev–Trinajstić information content (AvgIpc) is 2.78. The second-order valence-corrected chi connectivity index (χ2v) is 5.60. The van der Waals surface area contributed by atoms with Gasteiger partial charge in [-0.1, -0.05) is 18.6 Å². The number of hydrogen-bond acceptors (Lipinski definition) is 5. The molecule has 0 radical (unpaired) electrons. The summed E-state index contributed by atoms with van der Waals surface area (Å²) in [5, 5.41) is 13.1. The third kappa shape index (κ3) is 4.02. The Bertz CT molecular complexity index is 417. The van der Waals surface area contributed by atoms with Crippen LogP contribution in [0.2, 0.25) is 0 Å². The average molecular weight is 262 g/mol. The van der Waals surface area contributed by atoms with Gasteiger partial charge in [-0.25, -0.2) is 0 Å². The third-order valence-electron chi connectivity index (χ3n) is 2.31. The Morgan fingerprint density at radius 2 is 2.24 bits per heavy atom. The van der Waals surface area contributed by atoms with Crippen LogP contribution >= 0.6 is 0 Å². The molecule has 0 fully saturated rings. The number of nitrogens with one attached hydrogen (secondary N) is 2. The number of unbranched alkanes of at least 4 members (excludes halogenated alkanes) is 1. The molecule has 0 saturated heterocycles. The molecule has 1 aromatic heterocycles. The molecular weight excluding hydrogens is 244 g/mol. The van der Waals surface area contributed by atoms with Crippen molar-refractivity contribution in [3.63, 3.8) is 0 Å². The summed E-state index contributed by atoms with van der Waals surface area (Å²) >= 11 is 0. The summed E-state index contributed by atoms with van der Waals surface area (Å²) < 4.78 is 27.5. The quantitative estimate of drug-likeness (QED) is 0.709. The molecule has 9 heteroatoms. The van der Waals surface area contributed by atoms with E-state index < -0.39 is 16.3 Å². The predicted molar refractivity (Wildman–Crippen MR) is 62.2 cm³/mol. The summed E-state index contributed by atoms with van der Waals surface area (Å²) in [5.74, 6) is 0.317. The molecule has 0 amide bonds. The van der Waals surface area contributed by atoms with Crippen LogP contribution in [0.15, 0.2) is 0 Å². The van der Waals surface area contributed by atoms with Crippen LogP contribution in [0, 0.1) is 0 Å². The van der Waals surface area contributed by atoms with Crippen molar-refractivity contribution in [1.82, 2.24) is 29.7 Å². The van der Waals surface area contributed by atoms with E-state index in [1.54, 1.807) is 14.0 Å². The molecule has 1 rings (SSSR count). The van der Waals surface area contributed by atoms with E-state index >= 15 is 0 Å². The molecule has 98 valence electrons. The Morgan fingerprint density at radius 1 is 1.53 bits per heavy atom. The van der Waals surface area contributed by atoms with E-state index in [9.17, 15) is 8.42 Å². The zero-order valence-electron chi connectivity index (χ0n) is 10.2. The third-order valence-corrected chi connectivity index (χ3v) is 3.97. The van der Waals surface area contributed by atoms with Gasteiger partial charge in [0.2, 0.25) is 0 Å². The molecule has 1 atom stereocenters. The van der Waals surface area contributed by atoms with Gasteiger partial charge in [0, 0.05) is 13.6 Å². The van der Waals surface area contributed by atoms with Gasteiger partial charge in [0.1, 0.15) is 0 Å². The summed E-state index contributed by atoms with van der Waals surface area (Å²) in [5.41, 5.74) is 0. The van der Waals surface area contributed by atoms with Crippen molar-refractivity contribution in [3.05, 3.63) is 5.82 Å². The van der Waals surface area contributed by atoms with Gasteiger partial charge >= 0.3 is 0 Å². The normalized spacial score (nSPS) is 14.1. The van der Waals surface area contributed by atoms with Gasteiger partial charge in [0.25, 0.3) is 10.2 Å². The summed E-state index contributed by atoms with van der Waals surface area (Å²) in [7, 11) is -1.95. The van der Waals surface area contributed by atoms with Gasteiger partial charge < -0.3 is 0 Å². The maximum atomic E-state index is 11.9. The standard InChI is InChI=1S/C8H18N6O2S/c1-4-5-6-14(3)17(15,16)11-7(2)8-9-12-13-10-8/h7,11H,4-6H2,1-3H3,(H,9,10,12,13). The predicted octanol–water partition coefficient (Wildman–Crippen LogP) is -0.173. The first-order chi connectivity index (χ1) is 7.97. The summed E-state index contributed by atoms with van der Waals surface area (Å²) in [4.78, 5) is 0. The van der Waals surface area contributed by atoms with Gasteiger partial charge in [-0.15, -0.1) is 10.2 Å². The lowest BCUT2D eigenvalue weighted by Gasteiger charge is -2.19. The van der Waals surface area contributed by atoms with Gasteiger partial charge in [-0.3, -0.25) is 0 Å². The molecule has 8 nitrogen and oxygen atoms in total. The van der Waals surface area contributed by atoms with Crippen LogP contribution in [0.1, 0.15) is 38.6 Å². The van der Waals surface area contributed by atoms with Gasteiger partial charge in [-0.2, -0.15) is 22.7 Å². The Hall–Kier alpha value is -1.06. The van der Waals surface area contributed by atoms with Gasteiger partial charge in [-0.05, 0) is 13.3 Å². The Labute approximate surface area is 101 Å². The van der Waals surface area contributed by atoms with Crippen LogP contribution in [0.3, 0.4) is 0 Å². The van der Waals surface area contributed by atoms with E-state index in [2.05, 4.69) is 25.3 Å². The second-order valence-electron chi connectivity index (χ2n) is 3.79. The lowest BCUT2D eigenvalue weighted by Crippen LogP contribution is -2.40. The highest BCUT2D eigenvalue weighted by molar-refractivity contribution is 7.87. The first-order valence-electron chi connectivity index (χ1n) is 5.44. The van der Waals surface area contributed by atoms with E-state index in [4.69, 9.17) is 0 Å². The zero-order valence-corrected chi connectivity index (χ0v) is 11.0. The molecule has 2 N–H and O–H groups in total. The summed E-state index contributed by atoms with van der Waals surface area (Å²) in [6.45, 7) is 4.16. The largest absolute Gasteiger partial charge is 0.279 e. The van der Waals surface area contributed by atoms with Crippen LogP contribution in [-0.4, -0.2) is 46.9 Å². The van der Waals surface area contributed by atoms with E-state index in [0.29, 0.717) is 12.4 Å². The molecule has 0 bridgehead atoms. The molecule has 0 aliphatic heterocycles. The number of nitrogens with zero attached hydrogens (tertiary/aromatic N) is 4. The zero-order chi connectivity index (χ0) is 12.9. The molecule has 1 aromatic rings. The monoisotopic (exact) mass is 262 g/mol. The fraction of sp³-hybridized carbons (Fsp3) is 0.875. The van der Waals surface area contributed by atoms with Crippen LogP contribution in [0.5, 0.6) is 0 Å². The minimum absolute atomic E-state index is 0.317. The molecule has 17 heavy (non-hydrogen) atoms. The first-order valence-corrected chi connectivity index (χ1v) is 6.88. The van der Waals surface area contributed by atoms with Gasteiger partial charge in [0.15, 0.2) is 5.82 Å². The van der Waals surface area contributed by atoms with E-state index in [1.807, 2.05) is 6.92 Å². The highest BCUT2D eigenvalue weighted by atomic mass is 32.2. The van der Waals surface area contributed by atoms with Crippen LogP contribution in [-0.2, 0) is 10.2 Å². The fourth-order valence-electron chi connectivity index (χ4n) is 1.22. The van der Waals surface area contributed by atoms with Crippen molar-refractivity contribution >= 4 is 10.2 Å². The maximum absolute atomic E-state index is 11.9. The maximum Gasteiger partial charge on any atom is 0.279 e. The number of aromatic nitrogens is 4. The van der Waals surface area contributed by atoms with Crippen molar-refractivity contribution in [2.45, 2.75) is 32.7 Å². The molecule has 0 aliphatic carbocycles. The molecule has 0 spiro atoms. The number of rotatable bonds is 7. The van der Waals surface area contributed by atoms with Crippen molar-refractivity contribution in [2.24, 2.45) is 0 Å². The number of hydrogen-bond donors (Lipinski definition) is 2. The molecule has 0 aliphatic rings. The van der Waals surface area contributed by atoms with Crippen molar-refractivity contribution < 1.29 is 8.42 Å². The van der Waals surface area contributed by atoms with E-state index in [-0.39, 0.29) is 0 Å². The van der Waals surface area contributed by atoms with Crippen LogP contribution < -0.4 is 4.72 Å². The van der Waals surface area contributed by atoms with Crippen LogP contribution in [0.25, 0.3) is 0 Å². The molecule has 1 heterocycles. The van der Waals surface area contributed by atoms with Crippen molar-refractivity contribution in [2.75, 3.05) is 13.6 Å². The van der Waals surface area contributed by atoms with Crippen molar-refractivity contribution in [1.29, 1.82) is 0 Å². The minimum Gasteiger partial charge on any atom is -0.195 e. The molecule has 1 unspecified atom stereocenters. The van der Waals surface area contributed by atoms with E-state index in [0.717, 1.165) is 12.8 Å². The molecule has 0 saturated carbocycles. The minimum atomic E-state index is -3.50. The SMILES string of the molecule is CCCCN(C)S(=O)(=O)NC(C)c1nn[nH]n1.